The zero-order valence-electron chi connectivity index (χ0n) is 12.8. The molecule has 0 radical (unpaired) electrons. The van der Waals surface area contributed by atoms with E-state index in [1.54, 1.807) is 20.8 Å². The number of fused-ring (bicyclic) bond motifs is 1. The minimum atomic E-state index is -0.504. The molecule has 1 heterocycles. The number of carbonyl (C=O) groups is 2. The van der Waals surface area contributed by atoms with Gasteiger partial charge < -0.3 is 9.30 Å². The Morgan fingerprint density at radius 1 is 1.14 bits per heavy atom. The van der Waals surface area contributed by atoms with E-state index in [1.807, 2.05) is 41.1 Å². The van der Waals surface area contributed by atoms with Gasteiger partial charge in [-0.2, -0.15) is 0 Å². The van der Waals surface area contributed by atoms with Crippen LogP contribution in [0.4, 0.5) is 0 Å². The van der Waals surface area contributed by atoms with E-state index >= 15 is 0 Å². The Balaban J connectivity index is 1.84. The maximum absolute atomic E-state index is 11.7. The molecule has 112 valence electrons. The summed E-state index contributed by atoms with van der Waals surface area (Å²) in [5.74, 6) is -0.551. The molecule has 1 aromatic heterocycles. The Morgan fingerprint density at radius 2 is 1.86 bits per heavy atom. The molecule has 0 amide bonds. The van der Waals surface area contributed by atoms with Gasteiger partial charge in [0.15, 0.2) is 0 Å². The van der Waals surface area contributed by atoms with Crippen LogP contribution in [0.3, 0.4) is 0 Å². The van der Waals surface area contributed by atoms with Gasteiger partial charge in [-0.25, -0.2) is 0 Å². The number of hydrogen-bond donors (Lipinski definition) is 0. The third kappa shape index (κ3) is 3.94. The molecular weight excluding hydrogens is 266 g/mol. The Labute approximate surface area is 124 Å². The molecule has 0 aliphatic carbocycles. The zero-order chi connectivity index (χ0) is 15.5. The maximum Gasteiger partial charge on any atom is 0.313 e. The lowest BCUT2D eigenvalue weighted by Gasteiger charge is -2.15. The largest absolute Gasteiger partial charge is 0.463 e. The topological polar surface area (TPSA) is 48.3 Å². The number of benzene rings is 1. The van der Waals surface area contributed by atoms with Crippen molar-refractivity contribution >= 4 is 22.7 Å². The minimum absolute atomic E-state index is 0.0982. The van der Waals surface area contributed by atoms with Crippen LogP contribution in [0.2, 0.25) is 0 Å². The summed E-state index contributed by atoms with van der Waals surface area (Å²) in [7, 11) is 0. The number of carbonyl (C=O) groups excluding carboxylic acids is 2. The fourth-order valence-electron chi connectivity index (χ4n) is 2.04. The summed E-state index contributed by atoms with van der Waals surface area (Å²) in [5, 5.41) is 1.16. The van der Waals surface area contributed by atoms with Crippen LogP contribution in [0.15, 0.2) is 36.5 Å². The fraction of sp³-hybridized carbons (Fsp3) is 0.412. The van der Waals surface area contributed by atoms with Gasteiger partial charge in [0.2, 0.25) is 0 Å². The molecule has 4 heteroatoms. The van der Waals surface area contributed by atoms with Gasteiger partial charge in [0.1, 0.15) is 18.8 Å². The number of hydrogen-bond acceptors (Lipinski definition) is 3. The molecule has 2 rings (SSSR count). The van der Waals surface area contributed by atoms with Crippen molar-refractivity contribution in [2.75, 3.05) is 6.61 Å². The van der Waals surface area contributed by atoms with Crippen molar-refractivity contribution in [3.63, 3.8) is 0 Å². The molecule has 0 saturated heterocycles. The Hall–Kier alpha value is -2.10. The van der Waals surface area contributed by atoms with Crippen molar-refractivity contribution in [2.45, 2.75) is 33.7 Å². The highest BCUT2D eigenvalue weighted by molar-refractivity contribution is 5.98. The second kappa shape index (κ2) is 6.12. The molecular formula is C17H21NO3. The first-order chi connectivity index (χ1) is 9.88. The third-order valence-corrected chi connectivity index (χ3v) is 3.42. The summed E-state index contributed by atoms with van der Waals surface area (Å²) in [4.78, 5) is 23.4. The number of Topliss-reactive ketones (excluding diaryl/α,β-unsaturated/α-hetero) is 1. The molecule has 2 aromatic rings. The van der Waals surface area contributed by atoms with Crippen LogP contribution in [0.25, 0.3) is 10.9 Å². The molecule has 0 aliphatic rings. The lowest BCUT2D eigenvalue weighted by Crippen LogP contribution is -2.24. The summed E-state index contributed by atoms with van der Waals surface area (Å²) in [6.07, 6.45) is 1.81. The van der Waals surface area contributed by atoms with Gasteiger partial charge in [-0.1, -0.05) is 39.0 Å². The van der Waals surface area contributed by atoms with Crippen LogP contribution in [0, 0.1) is 5.41 Å². The Morgan fingerprint density at radius 3 is 2.57 bits per heavy atom. The van der Waals surface area contributed by atoms with E-state index in [0.717, 1.165) is 10.9 Å². The van der Waals surface area contributed by atoms with Gasteiger partial charge in [-0.15, -0.1) is 0 Å². The predicted molar refractivity (Wildman–Crippen MR) is 82.0 cm³/mol. The van der Waals surface area contributed by atoms with Crippen molar-refractivity contribution < 1.29 is 14.3 Å². The molecule has 0 fully saturated rings. The van der Waals surface area contributed by atoms with Gasteiger partial charge in [-0.05, 0) is 17.5 Å². The summed E-state index contributed by atoms with van der Waals surface area (Å²) in [6.45, 7) is 6.26. The molecule has 0 N–H and O–H groups in total. The molecule has 0 aliphatic heterocycles. The molecule has 0 unspecified atom stereocenters. The van der Waals surface area contributed by atoms with Crippen molar-refractivity contribution in [2.24, 2.45) is 5.41 Å². The van der Waals surface area contributed by atoms with Crippen LogP contribution in [-0.4, -0.2) is 22.9 Å². The highest BCUT2D eigenvalue weighted by Gasteiger charge is 2.24. The van der Waals surface area contributed by atoms with Crippen LogP contribution >= 0.6 is 0 Å². The summed E-state index contributed by atoms with van der Waals surface area (Å²) < 4.78 is 7.19. The van der Waals surface area contributed by atoms with Crippen LogP contribution in [-0.2, 0) is 20.9 Å². The van der Waals surface area contributed by atoms with Gasteiger partial charge >= 0.3 is 5.97 Å². The number of nitrogens with zero attached hydrogens (tertiary/aromatic N) is 1. The smallest absolute Gasteiger partial charge is 0.313 e. The van der Waals surface area contributed by atoms with E-state index in [-0.39, 0.29) is 18.8 Å². The number of para-hydroxylation sites is 1. The zero-order valence-corrected chi connectivity index (χ0v) is 12.8. The number of ether oxygens (including phenoxy) is 1. The molecule has 4 nitrogen and oxygen atoms in total. The van der Waals surface area contributed by atoms with Crippen LogP contribution in [0.1, 0.15) is 27.2 Å². The first-order valence-electron chi connectivity index (χ1n) is 7.11. The summed E-state index contributed by atoms with van der Waals surface area (Å²) in [6, 6.07) is 10.1. The van der Waals surface area contributed by atoms with Crippen molar-refractivity contribution in [1.29, 1.82) is 0 Å². The first kappa shape index (κ1) is 15.3. The SMILES string of the molecule is CC(C)(C)C(=O)CC(=O)OCCn1ccc2ccccc21. The fourth-order valence-corrected chi connectivity index (χ4v) is 2.04. The average molecular weight is 287 g/mol. The maximum atomic E-state index is 11.7. The average Bonchev–Trinajstić information content (AvgIpc) is 2.81. The van der Waals surface area contributed by atoms with Gasteiger partial charge in [0.05, 0.1) is 6.54 Å². The monoisotopic (exact) mass is 287 g/mol. The van der Waals surface area contributed by atoms with Crippen LogP contribution in [0.5, 0.6) is 0 Å². The van der Waals surface area contributed by atoms with E-state index < -0.39 is 11.4 Å². The van der Waals surface area contributed by atoms with E-state index in [2.05, 4.69) is 0 Å². The molecule has 0 bridgehead atoms. The Bertz CT molecular complexity index is 649. The number of esters is 1. The predicted octanol–water partition coefficient (Wildman–Crippen LogP) is 3.19. The second-order valence-electron chi connectivity index (χ2n) is 6.14. The number of rotatable bonds is 5. The van der Waals surface area contributed by atoms with E-state index in [4.69, 9.17) is 4.74 Å². The second-order valence-corrected chi connectivity index (χ2v) is 6.14. The van der Waals surface area contributed by atoms with Gasteiger partial charge in [-0.3, -0.25) is 9.59 Å². The molecule has 21 heavy (non-hydrogen) atoms. The third-order valence-electron chi connectivity index (χ3n) is 3.42. The van der Waals surface area contributed by atoms with Crippen molar-refractivity contribution in [1.82, 2.24) is 4.57 Å². The lowest BCUT2D eigenvalue weighted by molar-refractivity contribution is -0.147. The van der Waals surface area contributed by atoms with Gasteiger partial charge in [0.25, 0.3) is 0 Å². The van der Waals surface area contributed by atoms with Crippen LogP contribution < -0.4 is 0 Å². The van der Waals surface area contributed by atoms with Gasteiger partial charge in [0, 0.05) is 17.1 Å². The number of aromatic nitrogens is 1. The molecule has 0 atom stereocenters. The summed E-state index contributed by atoms with van der Waals surface area (Å²) >= 11 is 0. The highest BCUT2D eigenvalue weighted by Crippen LogP contribution is 2.17. The van der Waals surface area contributed by atoms with E-state index in [0.29, 0.717) is 6.54 Å². The van der Waals surface area contributed by atoms with Crippen molar-refractivity contribution in [3.8, 4) is 0 Å². The summed E-state index contributed by atoms with van der Waals surface area (Å²) in [5.41, 5.74) is 0.606. The van der Waals surface area contributed by atoms with E-state index in [9.17, 15) is 9.59 Å². The molecule has 0 spiro atoms. The standard InChI is InChI=1S/C17H21NO3/c1-17(2,3)15(19)12-16(20)21-11-10-18-9-8-13-6-4-5-7-14(13)18/h4-9H,10-12H2,1-3H3. The number of ketones is 1. The van der Waals surface area contributed by atoms with E-state index in [1.165, 1.54) is 0 Å². The lowest BCUT2D eigenvalue weighted by atomic mass is 9.89. The quantitative estimate of drug-likeness (QED) is 0.627. The highest BCUT2D eigenvalue weighted by atomic mass is 16.5. The molecule has 0 saturated carbocycles. The molecule has 1 aromatic carbocycles. The van der Waals surface area contributed by atoms with Crippen molar-refractivity contribution in [3.05, 3.63) is 36.5 Å². The first-order valence-corrected chi connectivity index (χ1v) is 7.11. The minimum Gasteiger partial charge on any atom is -0.463 e. The normalized spacial score (nSPS) is 11.6. The Kier molecular flexibility index (Phi) is 4.46.